The van der Waals surface area contributed by atoms with E-state index in [2.05, 4.69) is 32.6 Å². The maximum atomic E-state index is 6.30. The van der Waals surface area contributed by atoms with Crippen LogP contribution in [0.4, 0.5) is 0 Å². The summed E-state index contributed by atoms with van der Waals surface area (Å²) in [6.45, 7) is 10.2. The van der Waals surface area contributed by atoms with Crippen LogP contribution in [0.3, 0.4) is 0 Å². The maximum absolute atomic E-state index is 6.30. The predicted molar refractivity (Wildman–Crippen MR) is 61.3 cm³/mol. The third-order valence-corrected chi connectivity index (χ3v) is 5.03. The average Bonchev–Trinajstić information content (AvgIpc) is 1.87. The second-order valence-electron chi connectivity index (χ2n) is 3.96. The zero-order valence-electron chi connectivity index (χ0n) is 8.62. The monoisotopic (exact) mass is 227 g/mol. The fourth-order valence-electron chi connectivity index (χ4n) is 1.10. The number of hydrogen-bond donors (Lipinski definition) is 0. The molecular weight excluding hydrogens is 209 g/mol. The zero-order chi connectivity index (χ0) is 9.99. The second-order valence-corrected chi connectivity index (χ2v) is 7.75. The molecule has 0 aliphatic carbocycles. The molecule has 0 saturated heterocycles. The van der Waals surface area contributed by atoms with Crippen molar-refractivity contribution >= 4 is 33.4 Å². The highest BCUT2D eigenvalue weighted by Crippen LogP contribution is 2.46. The van der Waals surface area contributed by atoms with Crippen LogP contribution in [0.15, 0.2) is 0 Å². The van der Waals surface area contributed by atoms with Crippen molar-refractivity contribution in [1.29, 1.82) is 0 Å². The number of alkyl halides is 2. The van der Waals surface area contributed by atoms with E-state index in [9.17, 15) is 0 Å². The summed E-state index contributed by atoms with van der Waals surface area (Å²) in [5.41, 5.74) is 0. The van der Waals surface area contributed by atoms with E-state index in [0.29, 0.717) is 0 Å². The first-order valence-electron chi connectivity index (χ1n) is 4.40. The van der Waals surface area contributed by atoms with E-state index in [4.69, 9.17) is 23.2 Å². The van der Waals surface area contributed by atoms with Crippen LogP contribution in [0, 0.1) is 0 Å². The van der Waals surface area contributed by atoms with Crippen molar-refractivity contribution in [3.63, 3.8) is 0 Å². The molecule has 0 aliphatic rings. The maximum Gasteiger partial charge on any atom is 0.173 e. The van der Waals surface area contributed by atoms with Gasteiger partial charge in [0.1, 0.15) is 0 Å². The zero-order valence-corrected chi connectivity index (χ0v) is 12.1. The molecule has 0 fully saturated rings. The molecule has 0 radical (unpaired) electrons. The van der Waals surface area contributed by atoms with E-state index in [0.717, 1.165) is 23.3 Å². The van der Waals surface area contributed by atoms with Crippen LogP contribution in [0.2, 0.25) is 5.04 Å². The number of rotatable bonds is 4. The summed E-state index contributed by atoms with van der Waals surface area (Å²) in [6.07, 6.45) is 0. The number of nitrogens with zero attached hydrogens (tertiary/aromatic N) is 1. The van der Waals surface area contributed by atoms with Crippen LogP contribution in [0.25, 0.3) is 0 Å². The molecule has 4 heteroatoms. The molecule has 0 amide bonds. The topological polar surface area (TPSA) is 3.24 Å². The number of hydrogen-bond acceptors (Lipinski definition) is 1. The summed E-state index contributed by atoms with van der Waals surface area (Å²) < 4.78 is -0.706. The molecule has 0 rings (SSSR count). The molecule has 1 nitrogen and oxygen atoms in total. The highest BCUT2D eigenvalue weighted by Gasteiger charge is 2.42. The van der Waals surface area contributed by atoms with Gasteiger partial charge in [-0.05, 0) is 18.1 Å². The quantitative estimate of drug-likeness (QED) is 0.404. The van der Waals surface area contributed by atoms with E-state index in [-0.39, 0.29) is 5.04 Å². The lowest BCUT2D eigenvalue weighted by molar-refractivity contribution is 0.210. The summed E-state index contributed by atoms with van der Waals surface area (Å²) in [5.74, 6) is 0. The van der Waals surface area contributed by atoms with Gasteiger partial charge in [-0.15, -0.1) is 0 Å². The Bertz CT molecular complexity index is 138. The van der Waals surface area contributed by atoms with Crippen LogP contribution in [0.5, 0.6) is 0 Å². The van der Waals surface area contributed by atoms with Crippen molar-refractivity contribution in [3.05, 3.63) is 0 Å². The van der Waals surface area contributed by atoms with Crippen molar-refractivity contribution in [2.75, 3.05) is 13.1 Å². The largest absolute Gasteiger partial charge is 0.273 e. The average molecular weight is 228 g/mol. The predicted octanol–water partition coefficient (Wildman–Crippen LogP) is 2.02. The van der Waals surface area contributed by atoms with E-state index < -0.39 is 4.46 Å². The Kier molecular flexibility index (Phi) is 4.59. The normalized spacial score (nSPS) is 14.2. The van der Waals surface area contributed by atoms with Gasteiger partial charge in [0.2, 0.25) is 0 Å². The summed E-state index contributed by atoms with van der Waals surface area (Å²) in [4.78, 5) is 2.09. The van der Waals surface area contributed by atoms with E-state index in [1.54, 1.807) is 0 Å². The third-order valence-electron chi connectivity index (χ3n) is 2.06. The van der Waals surface area contributed by atoms with Crippen molar-refractivity contribution < 1.29 is 0 Å². The van der Waals surface area contributed by atoms with Crippen molar-refractivity contribution in [3.8, 4) is 0 Å². The van der Waals surface area contributed by atoms with E-state index in [1.807, 2.05) is 0 Å². The molecule has 74 valence electrons. The molecule has 0 N–H and O–H groups in total. The van der Waals surface area contributed by atoms with Crippen LogP contribution in [-0.4, -0.2) is 32.7 Å². The molecular formula is C8H19Cl2NSi. The molecule has 0 unspecified atom stereocenters. The number of halogens is 2. The molecule has 0 saturated carbocycles. The molecule has 12 heavy (non-hydrogen) atoms. The molecule has 0 aliphatic heterocycles. The van der Waals surface area contributed by atoms with Gasteiger partial charge in [0.05, 0.1) is 0 Å². The van der Waals surface area contributed by atoms with E-state index >= 15 is 0 Å². The lowest BCUT2D eigenvalue weighted by atomic mass is 10.1. The molecule has 0 aromatic carbocycles. The Hall–Kier alpha value is 0.757. The minimum absolute atomic E-state index is 0.0160. The highest BCUT2D eigenvalue weighted by atomic mass is 35.5. The molecule has 0 spiro atoms. The Labute approximate surface area is 88.8 Å². The second kappa shape index (κ2) is 4.31. The summed E-state index contributed by atoms with van der Waals surface area (Å²) in [6, 6.07) is 0. The molecule has 0 aromatic heterocycles. The van der Waals surface area contributed by atoms with Crippen molar-refractivity contribution in [1.82, 2.24) is 4.90 Å². The summed E-state index contributed by atoms with van der Waals surface area (Å²) in [5, 5.41) is 0.0160. The summed E-state index contributed by atoms with van der Waals surface area (Å²) in [7, 11) is 0.988. The van der Waals surface area contributed by atoms with Gasteiger partial charge in [0, 0.05) is 10.2 Å². The molecule has 0 heterocycles. The smallest absolute Gasteiger partial charge is 0.173 e. The summed E-state index contributed by atoms with van der Waals surface area (Å²) >= 11 is 12.6. The fourth-order valence-corrected chi connectivity index (χ4v) is 1.89. The molecule has 0 aromatic rings. The van der Waals surface area contributed by atoms with Gasteiger partial charge in [-0.1, -0.05) is 50.9 Å². The lowest BCUT2D eigenvalue weighted by Crippen LogP contribution is -2.46. The van der Waals surface area contributed by atoms with Gasteiger partial charge < -0.3 is 0 Å². The first kappa shape index (κ1) is 12.8. The van der Waals surface area contributed by atoms with Crippen molar-refractivity contribution in [2.24, 2.45) is 0 Å². The lowest BCUT2D eigenvalue weighted by Gasteiger charge is -2.42. The Morgan fingerprint density at radius 3 is 1.58 bits per heavy atom. The highest BCUT2D eigenvalue weighted by molar-refractivity contribution is 6.51. The first-order valence-corrected chi connectivity index (χ1v) is 6.15. The van der Waals surface area contributed by atoms with Crippen molar-refractivity contribution in [2.45, 2.75) is 37.2 Å². The van der Waals surface area contributed by atoms with Crippen LogP contribution >= 0.6 is 23.2 Å². The fraction of sp³-hybridized carbons (Fsp3) is 1.00. The first-order chi connectivity index (χ1) is 5.27. The van der Waals surface area contributed by atoms with Gasteiger partial charge in [0.15, 0.2) is 4.46 Å². The van der Waals surface area contributed by atoms with Gasteiger partial charge in [-0.2, -0.15) is 0 Å². The minimum Gasteiger partial charge on any atom is -0.273 e. The van der Waals surface area contributed by atoms with Crippen LogP contribution < -0.4 is 0 Å². The van der Waals surface area contributed by atoms with E-state index in [1.165, 1.54) is 0 Å². The van der Waals surface area contributed by atoms with Crippen LogP contribution in [0.1, 0.15) is 27.7 Å². The minimum atomic E-state index is -0.706. The van der Waals surface area contributed by atoms with Crippen LogP contribution in [-0.2, 0) is 0 Å². The molecule has 0 atom stereocenters. The van der Waals surface area contributed by atoms with Gasteiger partial charge in [0.25, 0.3) is 0 Å². The van der Waals surface area contributed by atoms with Gasteiger partial charge in [-0.25, -0.2) is 0 Å². The SMILES string of the molecule is CCN(CC)C(Cl)(Cl)C(C)(C)[SiH3]. The standard InChI is InChI=1S/C8H19Cl2NSi/c1-5-11(6-2)8(9,10)7(3,4)12/h5-6H2,1-4,12H3. The molecule has 0 bridgehead atoms. The third kappa shape index (κ3) is 2.62. The Morgan fingerprint density at radius 2 is 1.50 bits per heavy atom. The Balaban J connectivity index is 4.57. The van der Waals surface area contributed by atoms with Gasteiger partial charge in [-0.3, -0.25) is 4.90 Å². The Morgan fingerprint density at radius 1 is 1.17 bits per heavy atom. The van der Waals surface area contributed by atoms with Gasteiger partial charge >= 0.3 is 0 Å².